The van der Waals surface area contributed by atoms with Gasteiger partial charge in [0.2, 0.25) is 5.91 Å². The fourth-order valence-electron chi connectivity index (χ4n) is 3.16. The monoisotopic (exact) mass is 395 g/mol. The Morgan fingerprint density at radius 2 is 1.46 bits per heavy atom. The van der Waals surface area contributed by atoms with Gasteiger partial charge in [-0.3, -0.25) is 9.69 Å². The molecule has 1 atom stereocenters. The number of carbonyl (C=O) groups is 1. The van der Waals surface area contributed by atoms with Crippen molar-refractivity contribution in [1.29, 1.82) is 0 Å². The first kappa shape index (κ1) is 22.5. The van der Waals surface area contributed by atoms with Crippen LogP contribution in [0, 0.1) is 0 Å². The van der Waals surface area contributed by atoms with Gasteiger partial charge in [-0.25, -0.2) is 0 Å². The smallest absolute Gasteiger partial charge is 0.236 e. The second kappa shape index (κ2) is 11.2. The summed E-state index contributed by atoms with van der Waals surface area (Å²) in [5, 5.41) is 0. The maximum atomic E-state index is 12.6. The highest BCUT2D eigenvalue weighted by molar-refractivity contribution is 5.85. The molecule has 2 aromatic carbocycles. The summed E-state index contributed by atoms with van der Waals surface area (Å²) in [6.07, 6.45) is 0.906. The molecular formula is C20H27Cl2N3O. The van der Waals surface area contributed by atoms with Crippen molar-refractivity contribution in [2.45, 2.75) is 25.6 Å². The molecule has 0 spiro atoms. The average Bonchev–Trinajstić information content (AvgIpc) is 3.03. The highest BCUT2D eigenvalue weighted by atomic mass is 35.5. The molecule has 142 valence electrons. The molecule has 1 aliphatic heterocycles. The van der Waals surface area contributed by atoms with E-state index in [0.29, 0.717) is 13.1 Å². The van der Waals surface area contributed by atoms with Crippen LogP contribution in [-0.2, 0) is 17.9 Å². The van der Waals surface area contributed by atoms with Gasteiger partial charge in [0.1, 0.15) is 0 Å². The second-order valence-corrected chi connectivity index (χ2v) is 6.50. The highest BCUT2D eigenvalue weighted by Gasteiger charge is 2.25. The zero-order valence-electron chi connectivity index (χ0n) is 14.8. The number of hydrogen-bond acceptors (Lipinski definition) is 3. The first-order valence-electron chi connectivity index (χ1n) is 8.54. The number of halogens is 2. The molecule has 0 saturated carbocycles. The minimum absolute atomic E-state index is 0. The van der Waals surface area contributed by atoms with E-state index < -0.39 is 0 Å². The van der Waals surface area contributed by atoms with Gasteiger partial charge in [-0.1, -0.05) is 60.7 Å². The third-order valence-corrected chi connectivity index (χ3v) is 4.43. The van der Waals surface area contributed by atoms with E-state index in [1.165, 1.54) is 11.1 Å². The molecule has 1 fully saturated rings. The average molecular weight is 396 g/mol. The number of benzene rings is 2. The minimum Gasteiger partial charge on any atom is -0.340 e. The van der Waals surface area contributed by atoms with Crippen LogP contribution < -0.4 is 5.73 Å². The maximum absolute atomic E-state index is 12.6. The van der Waals surface area contributed by atoms with Crippen molar-refractivity contribution in [1.82, 2.24) is 9.80 Å². The van der Waals surface area contributed by atoms with E-state index >= 15 is 0 Å². The van der Waals surface area contributed by atoms with E-state index in [4.69, 9.17) is 5.73 Å². The van der Waals surface area contributed by atoms with E-state index in [0.717, 1.165) is 26.1 Å². The lowest BCUT2D eigenvalue weighted by atomic mass is 10.1. The van der Waals surface area contributed by atoms with Crippen LogP contribution in [-0.4, -0.2) is 41.4 Å². The molecule has 0 aliphatic carbocycles. The number of nitrogens with zero attached hydrogens (tertiary/aromatic N) is 2. The normalized spacial score (nSPS) is 16.1. The number of amides is 1. The summed E-state index contributed by atoms with van der Waals surface area (Å²) >= 11 is 0. The van der Waals surface area contributed by atoms with Gasteiger partial charge in [0.25, 0.3) is 0 Å². The lowest BCUT2D eigenvalue weighted by Crippen LogP contribution is -2.39. The van der Waals surface area contributed by atoms with Crippen LogP contribution in [0.3, 0.4) is 0 Å². The number of rotatable bonds is 6. The van der Waals surface area contributed by atoms with Gasteiger partial charge in [0.15, 0.2) is 0 Å². The summed E-state index contributed by atoms with van der Waals surface area (Å²) in [5.74, 6) is 0.176. The molecule has 0 bridgehead atoms. The van der Waals surface area contributed by atoms with E-state index in [2.05, 4.69) is 29.2 Å². The quantitative estimate of drug-likeness (QED) is 0.817. The molecular weight excluding hydrogens is 369 g/mol. The Hall–Kier alpha value is -1.59. The Balaban J connectivity index is 0.00000169. The number of carbonyl (C=O) groups excluding carboxylic acids is 1. The molecule has 1 heterocycles. The Morgan fingerprint density at radius 1 is 0.962 bits per heavy atom. The molecule has 6 heteroatoms. The molecule has 0 unspecified atom stereocenters. The van der Waals surface area contributed by atoms with Gasteiger partial charge in [-0.2, -0.15) is 0 Å². The summed E-state index contributed by atoms with van der Waals surface area (Å²) in [6.45, 7) is 3.42. The van der Waals surface area contributed by atoms with Crippen molar-refractivity contribution >= 4 is 30.7 Å². The van der Waals surface area contributed by atoms with E-state index in [-0.39, 0.29) is 36.8 Å². The molecule has 4 nitrogen and oxygen atoms in total. The largest absolute Gasteiger partial charge is 0.340 e. The molecule has 2 aromatic rings. The molecule has 3 rings (SSSR count). The molecule has 2 N–H and O–H groups in total. The Morgan fingerprint density at radius 3 is 1.88 bits per heavy atom. The molecule has 0 aromatic heterocycles. The molecule has 1 aliphatic rings. The standard InChI is InChI=1S/C20H25N3O.2ClH/c21-19-11-12-23(15-19)20(24)16-22(13-17-7-3-1-4-8-17)14-18-9-5-2-6-10-18;;/h1-10,19H,11-16,21H2;2*1H/t19-;;/m1../s1. The zero-order valence-corrected chi connectivity index (χ0v) is 16.4. The van der Waals surface area contributed by atoms with Crippen LogP contribution in [0.25, 0.3) is 0 Å². The fourth-order valence-corrected chi connectivity index (χ4v) is 3.16. The highest BCUT2D eigenvalue weighted by Crippen LogP contribution is 2.12. The van der Waals surface area contributed by atoms with Crippen molar-refractivity contribution in [3.8, 4) is 0 Å². The maximum Gasteiger partial charge on any atom is 0.236 e. The molecule has 1 saturated heterocycles. The summed E-state index contributed by atoms with van der Waals surface area (Å²) < 4.78 is 0. The van der Waals surface area contributed by atoms with Crippen molar-refractivity contribution in [2.24, 2.45) is 5.73 Å². The predicted molar refractivity (Wildman–Crippen MR) is 111 cm³/mol. The number of hydrogen-bond donors (Lipinski definition) is 1. The van der Waals surface area contributed by atoms with Gasteiger partial charge >= 0.3 is 0 Å². The minimum atomic E-state index is 0. The van der Waals surface area contributed by atoms with Crippen LogP contribution in [0.5, 0.6) is 0 Å². The van der Waals surface area contributed by atoms with Crippen LogP contribution in [0.1, 0.15) is 17.5 Å². The van der Waals surface area contributed by atoms with Crippen molar-refractivity contribution in [3.05, 3.63) is 71.8 Å². The second-order valence-electron chi connectivity index (χ2n) is 6.50. The van der Waals surface area contributed by atoms with E-state index in [1.54, 1.807) is 0 Å². The van der Waals surface area contributed by atoms with E-state index in [1.807, 2.05) is 41.3 Å². The lowest BCUT2D eigenvalue weighted by molar-refractivity contribution is -0.131. The third-order valence-electron chi connectivity index (χ3n) is 4.43. The Kier molecular flexibility index (Phi) is 9.66. The van der Waals surface area contributed by atoms with Gasteiger partial charge in [0.05, 0.1) is 6.54 Å². The molecule has 1 amide bonds. The fraction of sp³-hybridized carbons (Fsp3) is 0.350. The first-order chi connectivity index (χ1) is 11.7. The summed E-state index contributed by atoms with van der Waals surface area (Å²) in [4.78, 5) is 16.7. The van der Waals surface area contributed by atoms with Crippen LogP contribution in [0.15, 0.2) is 60.7 Å². The van der Waals surface area contributed by atoms with Crippen LogP contribution >= 0.6 is 24.8 Å². The summed E-state index contributed by atoms with van der Waals surface area (Å²) in [5.41, 5.74) is 8.38. The first-order valence-corrected chi connectivity index (χ1v) is 8.54. The van der Waals surface area contributed by atoms with Gasteiger partial charge < -0.3 is 10.6 Å². The van der Waals surface area contributed by atoms with Gasteiger partial charge in [-0.15, -0.1) is 24.8 Å². The van der Waals surface area contributed by atoms with Crippen molar-refractivity contribution < 1.29 is 4.79 Å². The SMILES string of the molecule is Cl.Cl.N[C@@H]1CCN(C(=O)CN(Cc2ccccc2)Cc2ccccc2)C1. The van der Waals surface area contributed by atoms with Gasteiger partial charge in [0, 0.05) is 32.2 Å². The topological polar surface area (TPSA) is 49.6 Å². The van der Waals surface area contributed by atoms with E-state index in [9.17, 15) is 4.79 Å². The van der Waals surface area contributed by atoms with Crippen LogP contribution in [0.2, 0.25) is 0 Å². The number of nitrogens with two attached hydrogens (primary N) is 1. The molecule has 0 radical (unpaired) electrons. The summed E-state index contributed by atoms with van der Waals surface area (Å²) in [7, 11) is 0. The zero-order chi connectivity index (χ0) is 16.8. The van der Waals surface area contributed by atoms with Crippen molar-refractivity contribution in [2.75, 3.05) is 19.6 Å². The number of likely N-dealkylation sites (tertiary alicyclic amines) is 1. The van der Waals surface area contributed by atoms with Crippen molar-refractivity contribution in [3.63, 3.8) is 0 Å². The predicted octanol–water partition coefficient (Wildman–Crippen LogP) is 3.09. The Labute approximate surface area is 168 Å². The Bertz CT molecular complexity index is 613. The summed E-state index contributed by atoms with van der Waals surface area (Å²) in [6, 6.07) is 20.7. The molecule has 26 heavy (non-hydrogen) atoms. The van der Waals surface area contributed by atoms with Gasteiger partial charge in [-0.05, 0) is 17.5 Å². The van der Waals surface area contributed by atoms with Crippen LogP contribution in [0.4, 0.5) is 0 Å². The lowest BCUT2D eigenvalue weighted by Gasteiger charge is -2.25. The third kappa shape index (κ3) is 6.61.